The van der Waals surface area contributed by atoms with E-state index >= 15 is 0 Å². The summed E-state index contributed by atoms with van der Waals surface area (Å²) in [4.78, 5) is 5.28. The largest absolute Gasteiger partial charge is 0.318 e. The minimum Gasteiger partial charge on any atom is -0.309 e. The zero-order chi connectivity index (χ0) is 28.7. The Labute approximate surface area is 261 Å². The van der Waals surface area contributed by atoms with Crippen LogP contribution in [0.4, 0.5) is 17.1 Å². The van der Waals surface area contributed by atoms with Crippen molar-refractivity contribution in [2.24, 2.45) is 0 Å². The van der Waals surface area contributed by atoms with Crippen LogP contribution in [-0.2, 0) is 5.41 Å². The smallest absolute Gasteiger partial charge is 0.309 e. The molecule has 3 heterocycles. The van der Waals surface area contributed by atoms with E-state index in [0.717, 1.165) is 0 Å². The number of hydrogen-bond donors (Lipinski definition) is 0. The standard InChI is InChI=1S/C39H28BNS2/c1-39(2)32-18-8-9-20-34(32)41(38-27(17-12-19-33(38)39)25-13-4-3-5-14-25)26-23-30-28-15-6-10-21-35(28)42-40-37(30)31(24-26)29-16-7-11-22-36(29)43-40/h3-24H,1-2H3. The van der Waals surface area contributed by atoms with Crippen LogP contribution >= 0.6 is 23.2 Å². The van der Waals surface area contributed by atoms with Gasteiger partial charge in [-0.05, 0) is 74.7 Å². The summed E-state index contributed by atoms with van der Waals surface area (Å²) >= 11 is 3.99. The number of rotatable bonds is 2. The predicted molar refractivity (Wildman–Crippen MR) is 187 cm³/mol. The maximum Gasteiger partial charge on any atom is 0.318 e. The van der Waals surface area contributed by atoms with Gasteiger partial charge in [0, 0.05) is 26.5 Å². The van der Waals surface area contributed by atoms with Crippen molar-refractivity contribution in [2.75, 3.05) is 4.90 Å². The van der Waals surface area contributed by atoms with Crippen LogP contribution in [0.3, 0.4) is 0 Å². The van der Waals surface area contributed by atoms with Gasteiger partial charge in [0.15, 0.2) is 0 Å². The Balaban J connectivity index is 1.39. The molecule has 6 aromatic rings. The van der Waals surface area contributed by atoms with Crippen LogP contribution in [0.2, 0.25) is 0 Å². The summed E-state index contributed by atoms with van der Waals surface area (Å²) in [6.07, 6.45) is 0. The van der Waals surface area contributed by atoms with Crippen LogP contribution in [0.25, 0.3) is 33.4 Å². The highest BCUT2D eigenvalue weighted by atomic mass is 32.2. The lowest BCUT2D eigenvalue weighted by molar-refractivity contribution is 0.632. The summed E-state index contributed by atoms with van der Waals surface area (Å²) in [5.41, 5.74) is 15.6. The van der Waals surface area contributed by atoms with E-state index in [0.29, 0.717) is 5.27 Å². The number of benzene rings is 6. The molecule has 1 nitrogen and oxygen atoms in total. The summed E-state index contributed by atoms with van der Waals surface area (Å²) < 4.78 is 0. The Bertz CT molecular complexity index is 2010. The lowest BCUT2D eigenvalue weighted by Crippen LogP contribution is -2.35. The predicted octanol–water partition coefficient (Wildman–Crippen LogP) is 10.7. The van der Waals surface area contributed by atoms with Gasteiger partial charge in [-0.3, -0.25) is 0 Å². The number of fused-ring (bicyclic) bond motifs is 6. The molecule has 0 radical (unpaired) electrons. The van der Waals surface area contributed by atoms with Crippen LogP contribution < -0.4 is 10.4 Å². The molecule has 0 bridgehead atoms. The van der Waals surface area contributed by atoms with Gasteiger partial charge in [-0.2, -0.15) is 23.2 Å². The fraction of sp³-hybridized carbons (Fsp3) is 0.0769. The molecule has 0 saturated heterocycles. The molecule has 4 heteroatoms. The van der Waals surface area contributed by atoms with E-state index < -0.39 is 0 Å². The molecule has 3 aliphatic heterocycles. The molecule has 0 saturated carbocycles. The van der Waals surface area contributed by atoms with Crippen LogP contribution in [-0.4, -0.2) is 5.27 Å². The fourth-order valence-electron chi connectivity index (χ4n) is 7.29. The second-order valence-electron chi connectivity index (χ2n) is 12.1. The quantitative estimate of drug-likeness (QED) is 0.186. The molecule has 9 rings (SSSR count). The first kappa shape index (κ1) is 25.4. The molecule has 43 heavy (non-hydrogen) atoms. The molecule has 3 aliphatic rings. The summed E-state index contributed by atoms with van der Waals surface area (Å²) in [5, 5.41) is 0.337. The first-order valence-corrected chi connectivity index (χ1v) is 16.6. The lowest BCUT2D eigenvalue weighted by atomic mass is 9.72. The van der Waals surface area contributed by atoms with Gasteiger partial charge >= 0.3 is 5.27 Å². The van der Waals surface area contributed by atoms with Gasteiger partial charge in [-0.25, -0.2) is 0 Å². The Morgan fingerprint density at radius 1 is 0.535 bits per heavy atom. The zero-order valence-corrected chi connectivity index (χ0v) is 25.7. The number of para-hydroxylation sites is 2. The first-order valence-electron chi connectivity index (χ1n) is 14.9. The van der Waals surface area contributed by atoms with Gasteiger partial charge in [0.05, 0.1) is 11.4 Å². The van der Waals surface area contributed by atoms with E-state index in [2.05, 4.69) is 152 Å². The van der Waals surface area contributed by atoms with Gasteiger partial charge in [0.2, 0.25) is 0 Å². The minimum atomic E-state index is -0.146. The van der Waals surface area contributed by atoms with Gasteiger partial charge in [-0.15, -0.1) is 0 Å². The van der Waals surface area contributed by atoms with Crippen LogP contribution in [0.1, 0.15) is 25.0 Å². The Morgan fingerprint density at radius 3 is 1.79 bits per heavy atom. The van der Waals surface area contributed by atoms with E-state index in [1.165, 1.54) is 76.8 Å². The van der Waals surface area contributed by atoms with Gasteiger partial charge in [0.25, 0.3) is 0 Å². The molecule has 0 aliphatic carbocycles. The van der Waals surface area contributed by atoms with Crippen molar-refractivity contribution in [3.8, 4) is 33.4 Å². The van der Waals surface area contributed by atoms with Crippen molar-refractivity contribution in [3.63, 3.8) is 0 Å². The second-order valence-corrected chi connectivity index (χ2v) is 14.7. The van der Waals surface area contributed by atoms with Crippen molar-refractivity contribution in [1.29, 1.82) is 0 Å². The maximum absolute atomic E-state index is 2.55. The number of hydrogen-bond acceptors (Lipinski definition) is 3. The van der Waals surface area contributed by atoms with Crippen LogP contribution in [0.15, 0.2) is 143 Å². The number of nitrogens with zero attached hydrogens (tertiary/aromatic N) is 1. The Hall–Kier alpha value is -4.12. The first-order chi connectivity index (χ1) is 21.1. The Kier molecular flexibility index (Phi) is 5.57. The molecule has 0 N–H and O–H groups in total. The molecular weight excluding hydrogens is 557 g/mol. The molecule has 0 unspecified atom stereocenters. The average Bonchev–Trinajstić information content (AvgIpc) is 3.05. The third-order valence-electron chi connectivity index (χ3n) is 9.32. The SMILES string of the molecule is CC1(C)c2ccccc2N(c2cc3c4c(c2)-c2ccccc2SB4Sc2ccccc2-3)c2c(-c3ccccc3)cccc21. The molecule has 6 aromatic carbocycles. The second kappa shape index (κ2) is 9.44. The molecule has 0 spiro atoms. The third-order valence-corrected chi connectivity index (χ3v) is 12.0. The van der Waals surface area contributed by atoms with Gasteiger partial charge in [-0.1, -0.05) is 117 Å². The van der Waals surface area contributed by atoms with E-state index in [1.54, 1.807) is 0 Å². The summed E-state index contributed by atoms with van der Waals surface area (Å²) in [6.45, 7) is 4.75. The topological polar surface area (TPSA) is 3.24 Å². The van der Waals surface area contributed by atoms with Crippen molar-refractivity contribution in [2.45, 2.75) is 29.1 Å². The van der Waals surface area contributed by atoms with E-state index in [9.17, 15) is 0 Å². The Morgan fingerprint density at radius 2 is 1.09 bits per heavy atom. The van der Waals surface area contributed by atoms with E-state index in [-0.39, 0.29) is 5.41 Å². The molecule has 0 fully saturated rings. The van der Waals surface area contributed by atoms with Crippen molar-refractivity contribution < 1.29 is 0 Å². The summed E-state index contributed by atoms with van der Waals surface area (Å²) in [7, 11) is 0. The molecular formula is C39H28BNS2. The minimum absolute atomic E-state index is 0.146. The molecule has 0 atom stereocenters. The van der Waals surface area contributed by atoms with Crippen molar-refractivity contribution >= 4 is 51.0 Å². The lowest BCUT2D eigenvalue weighted by Gasteiger charge is -2.44. The fourth-order valence-corrected chi connectivity index (χ4v) is 10.2. The zero-order valence-electron chi connectivity index (χ0n) is 24.0. The van der Waals surface area contributed by atoms with Crippen molar-refractivity contribution in [1.82, 2.24) is 0 Å². The maximum atomic E-state index is 2.55. The summed E-state index contributed by atoms with van der Waals surface area (Å²) in [6, 6.07) is 49.6. The van der Waals surface area contributed by atoms with Crippen LogP contribution in [0.5, 0.6) is 0 Å². The van der Waals surface area contributed by atoms with Gasteiger partial charge < -0.3 is 4.90 Å². The van der Waals surface area contributed by atoms with Gasteiger partial charge in [0.1, 0.15) is 0 Å². The monoisotopic (exact) mass is 585 g/mol. The normalized spacial score (nSPS) is 15.1. The van der Waals surface area contributed by atoms with E-state index in [4.69, 9.17) is 0 Å². The highest BCUT2D eigenvalue weighted by Crippen LogP contribution is 2.57. The van der Waals surface area contributed by atoms with Crippen molar-refractivity contribution in [3.05, 3.63) is 145 Å². The molecule has 0 amide bonds. The number of anilines is 3. The summed E-state index contributed by atoms with van der Waals surface area (Å²) in [5.74, 6) is 0. The molecule has 204 valence electrons. The van der Waals surface area contributed by atoms with E-state index in [1.807, 2.05) is 23.2 Å². The van der Waals surface area contributed by atoms with Crippen LogP contribution in [0, 0.1) is 0 Å². The highest BCUT2D eigenvalue weighted by molar-refractivity contribution is 8.56. The third kappa shape index (κ3) is 3.70. The average molecular weight is 586 g/mol. The highest BCUT2D eigenvalue weighted by Gasteiger charge is 2.41. The molecule has 0 aromatic heterocycles.